The van der Waals surface area contributed by atoms with Gasteiger partial charge in [0.25, 0.3) is 0 Å². The Balaban J connectivity index is 0.00000240. The van der Waals surface area contributed by atoms with E-state index in [2.05, 4.69) is 27.8 Å². The van der Waals surface area contributed by atoms with Gasteiger partial charge in [-0.05, 0) is 30.5 Å². The summed E-state index contributed by atoms with van der Waals surface area (Å²) in [5.41, 5.74) is 1.85. The molecule has 0 atom stereocenters. The Labute approximate surface area is 187 Å². The summed E-state index contributed by atoms with van der Waals surface area (Å²) in [4.78, 5) is 9.23. The zero-order valence-electron chi connectivity index (χ0n) is 16.4. The Kier molecular flexibility index (Phi) is 7.51. The maximum absolute atomic E-state index is 5.77. The average molecular weight is 504 g/mol. The minimum Gasteiger partial charge on any atom is -0.490 e. The van der Waals surface area contributed by atoms with Crippen LogP contribution in [0.5, 0.6) is 11.5 Å². The number of pyridine rings is 1. The highest BCUT2D eigenvalue weighted by molar-refractivity contribution is 14.0. The van der Waals surface area contributed by atoms with Crippen molar-refractivity contribution in [3.8, 4) is 11.5 Å². The molecule has 2 N–H and O–H groups in total. The van der Waals surface area contributed by atoms with Crippen LogP contribution in [0.3, 0.4) is 0 Å². The molecule has 0 aliphatic carbocycles. The van der Waals surface area contributed by atoms with Crippen LogP contribution in [0, 0.1) is 0 Å². The third kappa shape index (κ3) is 5.29. The Morgan fingerprint density at radius 3 is 2.76 bits per heavy atom. The van der Waals surface area contributed by atoms with Crippen LogP contribution in [0.2, 0.25) is 0 Å². The van der Waals surface area contributed by atoms with Crippen molar-refractivity contribution in [2.24, 2.45) is 4.99 Å². The van der Waals surface area contributed by atoms with Gasteiger partial charge in [0.1, 0.15) is 0 Å². The number of ether oxygens (including phenoxy) is 2. The summed E-state index contributed by atoms with van der Waals surface area (Å²) in [5, 5.41) is 8.92. The molecule has 0 radical (unpaired) electrons. The van der Waals surface area contributed by atoms with E-state index in [1.165, 1.54) is 5.39 Å². The number of guanidine groups is 1. The van der Waals surface area contributed by atoms with E-state index in [4.69, 9.17) is 14.5 Å². The van der Waals surface area contributed by atoms with Crippen LogP contribution in [0.15, 0.2) is 59.7 Å². The van der Waals surface area contributed by atoms with Crippen LogP contribution in [0.4, 0.5) is 5.69 Å². The molecule has 6 nitrogen and oxygen atoms in total. The van der Waals surface area contributed by atoms with Crippen LogP contribution in [0.25, 0.3) is 10.8 Å². The van der Waals surface area contributed by atoms with Gasteiger partial charge in [-0.25, -0.2) is 4.99 Å². The number of nitrogens with zero attached hydrogens (tertiary/aromatic N) is 2. The van der Waals surface area contributed by atoms with Crippen molar-refractivity contribution in [3.63, 3.8) is 0 Å². The number of halogens is 1. The highest BCUT2D eigenvalue weighted by Crippen LogP contribution is 2.32. The molecule has 0 unspecified atom stereocenters. The summed E-state index contributed by atoms with van der Waals surface area (Å²) in [6, 6.07) is 16.1. The van der Waals surface area contributed by atoms with Gasteiger partial charge >= 0.3 is 0 Å². The normalized spacial score (nSPS) is 13.3. The molecule has 1 aliphatic heterocycles. The number of aromatic nitrogens is 1. The molecule has 0 bridgehead atoms. The van der Waals surface area contributed by atoms with Gasteiger partial charge in [-0.2, -0.15) is 0 Å². The molecular weight excluding hydrogens is 479 g/mol. The lowest BCUT2D eigenvalue weighted by Gasteiger charge is -2.14. The first-order valence-corrected chi connectivity index (χ1v) is 9.61. The molecule has 3 aromatic rings. The minimum absolute atomic E-state index is 0. The van der Waals surface area contributed by atoms with Crippen molar-refractivity contribution in [2.45, 2.75) is 19.9 Å². The van der Waals surface area contributed by atoms with E-state index in [0.717, 1.165) is 41.2 Å². The number of benzene rings is 2. The zero-order chi connectivity index (χ0) is 19.2. The Bertz CT molecular complexity index is 988. The van der Waals surface area contributed by atoms with Crippen molar-refractivity contribution < 1.29 is 9.47 Å². The number of hydrogen-bond acceptors (Lipinski definition) is 4. The maximum atomic E-state index is 5.77. The molecule has 0 saturated carbocycles. The van der Waals surface area contributed by atoms with Crippen molar-refractivity contribution in [2.75, 3.05) is 25.1 Å². The van der Waals surface area contributed by atoms with Crippen molar-refractivity contribution in [3.05, 3.63) is 60.4 Å². The molecule has 7 heteroatoms. The Hall–Kier alpha value is -2.55. The van der Waals surface area contributed by atoms with Gasteiger partial charge in [-0.1, -0.05) is 24.3 Å². The zero-order valence-corrected chi connectivity index (χ0v) is 18.7. The van der Waals surface area contributed by atoms with Gasteiger partial charge in [0.05, 0.1) is 25.5 Å². The number of anilines is 1. The van der Waals surface area contributed by atoms with E-state index in [1.54, 1.807) is 0 Å². The second-order valence-electron chi connectivity index (χ2n) is 6.51. The van der Waals surface area contributed by atoms with Crippen LogP contribution < -0.4 is 20.1 Å². The van der Waals surface area contributed by atoms with Gasteiger partial charge in [0.15, 0.2) is 17.5 Å². The first kappa shape index (κ1) is 21.2. The molecule has 1 aliphatic rings. The lowest BCUT2D eigenvalue weighted by atomic mass is 10.1. The third-order valence-electron chi connectivity index (χ3n) is 4.50. The van der Waals surface area contributed by atoms with E-state index in [0.29, 0.717) is 25.7 Å². The van der Waals surface area contributed by atoms with Crippen LogP contribution >= 0.6 is 24.0 Å². The highest BCUT2D eigenvalue weighted by atomic mass is 127. The average Bonchev–Trinajstić information content (AvgIpc) is 2.97. The van der Waals surface area contributed by atoms with E-state index < -0.39 is 0 Å². The van der Waals surface area contributed by atoms with E-state index in [1.807, 2.05) is 49.5 Å². The van der Waals surface area contributed by atoms with Crippen LogP contribution in [-0.2, 0) is 6.54 Å². The fourth-order valence-electron chi connectivity index (χ4n) is 3.15. The number of hydrogen-bond donors (Lipinski definition) is 2. The summed E-state index contributed by atoms with van der Waals surface area (Å²) < 4.78 is 11.5. The van der Waals surface area contributed by atoms with Crippen molar-refractivity contribution in [1.29, 1.82) is 0 Å². The number of nitrogens with one attached hydrogen (secondary N) is 2. The largest absolute Gasteiger partial charge is 0.490 e. The van der Waals surface area contributed by atoms with Crippen LogP contribution in [0.1, 0.15) is 19.0 Å². The summed E-state index contributed by atoms with van der Waals surface area (Å²) >= 11 is 0. The van der Waals surface area contributed by atoms with Gasteiger partial charge in [0, 0.05) is 36.3 Å². The van der Waals surface area contributed by atoms with E-state index in [9.17, 15) is 0 Å². The van der Waals surface area contributed by atoms with Crippen molar-refractivity contribution >= 4 is 46.4 Å². The van der Waals surface area contributed by atoms with Gasteiger partial charge in [0.2, 0.25) is 0 Å². The topological polar surface area (TPSA) is 67.8 Å². The smallest absolute Gasteiger partial charge is 0.196 e. The molecular formula is C22H25IN4O2. The lowest BCUT2D eigenvalue weighted by molar-refractivity contribution is 0.297. The predicted octanol–water partition coefficient (Wildman–Crippen LogP) is 4.59. The molecule has 0 amide bonds. The maximum Gasteiger partial charge on any atom is 0.196 e. The number of fused-ring (bicyclic) bond motifs is 2. The standard InChI is InChI=1S/C22H24N4O2.HI/c1-2-23-22(25-15-19-18-7-4-3-6-16(18)10-11-24-19)26-17-8-9-20-21(14-17)28-13-5-12-27-20;/h3-4,6-11,14H,2,5,12-13,15H2,1H3,(H2,23,25,26);1H. The fourth-order valence-corrected chi connectivity index (χ4v) is 3.15. The van der Waals surface area contributed by atoms with E-state index in [-0.39, 0.29) is 24.0 Å². The fraction of sp³-hybridized carbons (Fsp3) is 0.273. The SMILES string of the molecule is CCNC(=NCc1nccc2ccccc12)Nc1ccc2c(c1)OCCCO2.I. The van der Waals surface area contributed by atoms with E-state index >= 15 is 0 Å². The summed E-state index contributed by atoms with van der Waals surface area (Å²) in [7, 11) is 0. The first-order chi connectivity index (χ1) is 13.8. The quantitative estimate of drug-likeness (QED) is 0.309. The predicted molar refractivity (Wildman–Crippen MR) is 128 cm³/mol. The second-order valence-corrected chi connectivity index (χ2v) is 6.51. The summed E-state index contributed by atoms with van der Waals surface area (Å²) in [6.07, 6.45) is 2.72. The molecule has 1 aromatic heterocycles. The number of aliphatic imine (C=N–C) groups is 1. The molecule has 0 saturated heterocycles. The first-order valence-electron chi connectivity index (χ1n) is 9.61. The molecule has 0 fully saturated rings. The summed E-state index contributed by atoms with van der Waals surface area (Å²) in [6.45, 7) is 4.64. The van der Waals surface area contributed by atoms with Crippen molar-refractivity contribution in [1.82, 2.24) is 10.3 Å². The Morgan fingerprint density at radius 1 is 1.07 bits per heavy atom. The lowest BCUT2D eigenvalue weighted by Crippen LogP contribution is -2.30. The molecule has 2 aromatic carbocycles. The van der Waals surface area contributed by atoms with Gasteiger partial charge < -0.3 is 20.1 Å². The van der Waals surface area contributed by atoms with Gasteiger partial charge in [-0.15, -0.1) is 24.0 Å². The highest BCUT2D eigenvalue weighted by Gasteiger charge is 2.11. The van der Waals surface area contributed by atoms with Gasteiger partial charge in [-0.3, -0.25) is 4.98 Å². The number of rotatable bonds is 4. The minimum atomic E-state index is 0. The second kappa shape index (κ2) is 10.3. The molecule has 4 rings (SSSR count). The molecule has 152 valence electrons. The third-order valence-corrected chi connectivity index (χ3v) is 4.50. The summed E-state index contributed by atoms with van der Waals surface area (Å²) in [5.74, 6) is 2.24. The molecule has 2 heterocycles. The molecule has 0 spiro atoms. The monoisotopic (exact) mass is 504 g/mol. The Morgan fingerprint density at radius 2 is 1.90 bits per heavy atom. The molecule has 29 heavy (non-hydrogen) atoms. The van der Waals surface area contributed by atoms with Crippen LogP contribution in [-0.4, -0.2) is 30.7 Å².